The van der Waals surface area contributed by atoms with Crippen molar-refractivity contribution in [3.8, 4) is 0 Å². The van der Waals surface area contributed by atoms with E-state index in [2.05, 4.69) is 51.4 Å². The zero-order chi connectivity index (χ0) is 13.9. The SMILES string of the molecule is CN(Cc1ccoc1)c1cc(Br)ccc1CNC1CC1. The molecule has 1 aliphatic carbocycles. The van der Waals surface area contributed by atoms with Gasteiger partial charge in [0.25, 0.3) is 0 Å². The Morgan fingerprint density at radius 1 is 1.35 bits per heavy atom. The topological polar surface area (TPSA) is 28.4 Å². The monoisotopic (exact) mass is 334 g/mol. The number of halogens is 1. The Hall–Kier alpha value is -1.26. The molecule has 0 saturated heterocycles. The van der Waals surface area contributed by atoms with Gasteiger partial charge in [-0.05, 0) is 36.6 Å². The lowest BCUT2D eigenvalue weighted by Crippen LogP contribution is -2.21. The standard InChI is InChI=1S/C16H19BrN2O/c1-19(10-12-6-7-20-11-12)16-8-14(17)3-2-13(16)9-18-15-4-5-15/h2-3,6-8,11,15,18H,4-5,9-10H2,1H3. The van der Waals surface area contributed by atoms with Gasteiger partial charge in [0.2, 0.25) is 0 Å². The van der Waals surface area contributed by atoms with E-state index in [1.165, 1.54) is 29.7 Å². The lowest BCUT2D eigenvalue weighted by molar-refractivity contribution is 0.563. The van der Waals surface area contributed by atoms with E-state index >= 15 is 0 Å². The van der Waals surface area contributed by atoms with Gasteiger partial charge in [-0.25, -0.2) is 0 Å². The minimum Gasteiger partial charge on any atom is -0.472 e. The van der Waals surface area contributed by atoms with Crippen LogP contribution in [-0.2, 0) is 13.1 Å². The predicted octanol–water partition coefficient (Wildman–Crippen LogP) is 3.93. The third-order valence-electron chi connectivity index (χ3n) is 3.62. The number of benzene rings is 1. The zero-order valence-electron chi connectivity index (χ0n) is 11.6. The molecule has 1 aromatic carbocycles. The van der Waals surface area contributed by atoms with Gasteiger partial charge in [0, 0.05) is 41.9 Å². The summed E-state index contributed by atoms with van der Waals surface area (Å²) >= 11 is 3.57. The number of anilines is 1. The van der Waals surface area contributed by atoms with Crippen molar-refractivity contribution in [2.45, 2.75) is 32.0 Å². The van der Waals surface area contributed by atoms with Gasteiger partial charge in [-0.1, -0.05) is 22.0 Å². The largest absolute Gasteiger partial charge is 0.472 e. The second-order valence-electron chi connectivity index (χ2n) is 5.42. The van der Waals surface area contributed by atoms with E-state index in [-0.39, 0.29) is 0 Å². The van der Waals surface area contributed by atoms with Crippen molar-refractivity contribution < 1.29 is 4.42 Å². The van der Waals surface area contributed by atoms with Crippen LogP contribution in [-0.4, -0.2) is 13.1 Å². The Labute approximate surface area is 128 Å². The van der Waals surface area contributed by atoms with Crippen LogP contribution in [0.25, 0.3) is 0 Å². The Morgan fingerprint density at radius 3 is 2.90 bits per heavy atom. The lowest BCUT2D eigenvalue weighted by atomic mass is 10.1. The summed E-state index contributed by atoms with van der Waals surface area (Å²) in [5, 5.41) is 3.59. The first-order valence-corrected chi connectivity index (χ1v) is 7.75. The molecule has 1 fully saturated rings. The quantitative estimate of drug-likeness (QED) is 0.867. The van der Waals surface area contributed by atoms with Crippen molar-refractivity contribution in [3.05, 3.63) is 52.4 Å². The molecular formula is C16H19BrN2O. The summed E-state index contributed by atoms with van der Waals surface area (Å²) < 4.78 is 6.26. The molecule has 3 nitrogen and oxygen atoms in total. The molecule has 4 heteroatoms. The smallest absolute Gasteiger partial charge is 0.0952 e. The van der Waals surface area contributed by atoms with Crippen LogP contribution in [0.3, 0.4) is 0 Å². The van der Waals surface area contributed by atoms with Crippen LogP contribution < -0.4 is 10.2 Å². The molecule has 1 N–H and O–H groups in total. The van der Waals surface area contributed by atoms with E-state index in [9.17, 15) is 0 Å². The molecule has 0 spiro atoms. The summed E-state index contributed by atoms with van der Waals surface area (Å²) in [6.07, 6.45) is 6.16. The molecule has 1 heterocycles. The second kappa shape index (κ2) is 6.02. The van der Waals surface area contributed by atoms with Gasteiger partial charge in [0.05, 0.1) is 12.5 Å². The van der Waals surface area contributed by atoms with Crippen molar-refractivity contribution >= 4 is 21.6 Å². The molecule has 0 atom stereocenters. The third-order valence-corrected chi connectivity index (χ3v) is 4.11. The third kappa shape index (κ3) is 3.44. The van der Waals surface area contributed by atoms with Crippen LogP contribution in [0.1, 0.15) is 24.0 Å². The Kier molecular flexibility index (Phi) is 4.13. The maximum Gasteiger partial charge on any atom is 0.0952 e. The molecule has 0 aliphatic heterocycles. The highest BCUT2D eigenvalue weighted by molar-refractivity contribution is 9.10. The van der Waals surface area contributed by atoms with Gasteiger partial charge >= 0.3 is 0 Å². The highest BCUT2D eigenvalue weighted by Gasteiger charge is 2.20. The molecule has 106 valence electrons. The number of furan rings is 1. The number of nitrogens with one attached hydrogen (secondary N) is 1. The van der Waals surface area contributed by atoms with Crippen molar-refractivity contribution in [1.29, 1.82) is 0 Å². The number of hydrogen-bond donors (Lipinski definition) is 1. The fraction of sp³-hybridized carbons (Fsp3) is 0.375. The van der Waals surface area contributed by atoms with Crippen molar-refractivity contribution in [2.24, 2.45) is 0 Å². The zero-order valence-corrected chi connectivity index (χ0v) is 13.2. The van der Waals surface area contributed by atoms with Crippen LogP contribution in [0.5, 0.6) is 0 Å². The van der Waals surface area contributed by atoms with Gasteiger partial charge in [-0.3, -0.25) is 0 Å². The molecule has 3 rings (SSSR count). The predicted molar refractivity (Wildman–Crippen MR) is 84.8 cm³/mol. The van der Waals surface area contributed by atoms with Gasteiger partial charge < -0.3 is 14.6 Å². The van der Waals surface area contributed by atoms with Crippen molar-refractivity contribution in [2.75, 3.05) is 11.9 Å². The van der Waals surface area contributed by atoms with E-state index in [0.717, 1.165) is 23.6 Å². The maximum absolute atomic E-state index is 5.14. The van der Waals surface area contributed by atoms with Crippen molar-refractivity contribution in [3.63, 3.8) is 0 Å². The maximum atomic E-state index is 5.14. The molecule has 0 radical (unpaired) electrons. The fourth-order valence-electron chi connectivity index (χ4n) is 2.33. The van der Waals surface area contributed by atoms with E-state index < -0.39 is 0 Å². The van der Waals surface area contributed by atoms with Gasteiger partial charge in [-0.2, -0.15) is 0 Å². The summed E-state index contributed by atoms with van der Waals surface area (Å²) in [4.78, 5) is 2.26. The molecule has 0 bridgehead atoms. The number of rotatable bonds is 6. The molecule has 0 unspecified atom stereocenters. The fourth-order valence-corrected chi connectivity index (χ4v) is 2.67. The summed E-state index contributed by atoms with van der Waals surface area (Å²) in [5.74, 6) is 0. The minimum absolute atomic E-state index is 0.727. The molecule has 20 heavy (non-hydrogen) atoms. The summed E-state index contributed by atoms with van der Waals surface area (Å²) in [6.45, 7) is 1.78. The van der Waals surface area contributed by atoms with Crippen LogP contribution in [0, 0.1) is 0 Å². The molecule has 1 saturated carbocycles. The van der Waals surface area contributed by atoms with Crippen LogP contribution >= 0.6 is 15.9 Å². The first-order valence-electron chi connectivity index (χ1n) is 6.96. The lowest BCUT2D eigenvalue weighted by Gasteiger charge is -2.22. The Balaban J connectivity index is 1.76. The van der Waals surface area contributed by atoms with Crippen LogP contribution in [0.4, 0.5) is 5.69 Å². The number of hydrogen-bond acceptors (Lipinski definition) is 3. The second-order valence-corrected chi connectivity index (χ2v) is 6.33. The highest BCUT2D eigenvalue weighted by Crippen LogP contribution is 2.27. The summed E-state index contributed by atoms with van der Waals surface area (Å²) in [6, 6.07) is 9.23. The van der Waals surface area contributed by atoms with E-state index in [1.54, 1.807) is 12.5 Å². The van der Waals surface area contributed by atoms with Crippen molar-refractivity contribution in [1.82, 2.24) is 5.32 Å². The van der Waals surface area contributed by atoms with Gasteiger partial charge in [0.1, 0.15) is 0 Å². The van der Waals surface area contributed by atoms with E-state index in [4.69, 9.17) is 4.42 Å². The van der Waals surface area contributed by atoms with E-state index in [1.807, 2.05) is 6.07 Å². The number of nitrogens with zero attached hydrogens (tertiary/aromatic N) is 1. The Morgan fingerprint density at radius 2 is 2.20 bits per heavy atom. The van der Waals surface area contributed by atoms with Crippen LogP contribution in [0.15, 0.2) is 45.7 Å². The molecule has 0 amide bonds. The highest BCUT2D eigenvalue weighted by atomic mass is 79.9. The Bertz CT molecular complexity index is 564. The average molecular weight is 335 g/mol. The van der Waals surface area contributed by atoms with Gasteiger partial charge in [0.15, 0.2) is 0 Å². The van der Waals surface area contributed by atoms with E-state index in [0.29, 0.717) is 0 Å². The first-order chi connectivity index (χ1) is 9.72. The molecule has 1 aliphatic rings. The normalized spacial score (nSPS) is 14.5. The average Bonchev–Trinajstić information content (AvgIpc) is 3.13. The van der Waals surface area contributed by atoms with Gasteiger partial charge in [-0.15, -0.1) is 0 Å². The minimum atomic E-state index is 0.727. The summed E-state index contributed by atoms with van der Waals surface area (Å²) in [7, 11) is 2.12. The first kappa shape index (κ1) is 13.7. The van der Waals surface area contributed by atoms with Crippen LogP contribution in [0.2, 0.25) is 0 Å². The molecule has 1 aromatic heterocycles. The summed E-state index contributed by atoms with van der Waals surface area (Å²) in [5.41, 5.74) is 3.79. The molecular weight excluding hydrogens is 316 g/mol. The molecule has 2 aromatic rings.